The van der Waals surface area contributed by atoms with E-state index in [0.29, 0.717) is 40.7 Å². The Morgan fingerprint density at radius 1 is 1.09 bits per heavy atom. The Labute approximate surface area is 189 Å². The Balaban J connectivity index is 1.40. The van der Waals surface area contributed by atoms with Crippen molar-refractivity contribution in [1.82, 2.24) is 5.01 Å². The van der Waals surface area contributed by atoms with Gasteiger partial charge in [0, 0.05) is 12.5 Å². The minimum absolute atomic E-state index is 0.417. The zero-order valence-electron chi connectivity index (χ0n) is 18.1. The molecule has 0 bridgehead atoms. The number of ether oxygens (including phenoxy) is 3. The van der Waals surface area contributed by atoms with Gasteiger partial charge < -0.3 is 23.0 Å². The van der Waals surface area contributed by atoms with Crippen LogP contribution in [-0.2, 0) is 14.3 Å². The molecule has 170 valence electrons. The van der Waals surface area contributed by atoms with Crippen molar-refractivity contribution in [3.8, 4) is 11.5 Å². The van der Waals surface area contributed by atoms with Crippen molar-refractivity contribution in [3.63, 3.8) is 0 Å². The molecule has 0 N–H and O–H groups in total. The molecular formula is C24H22N2O7. The number of hydrogen-bond acceptors (Lipinski definition) is 8. The highest BCUT2D eigenvalue weighted by atomic mass is 16.5. The second-order valence-electron chi connectivity index (χ2n) is 7.05. The molecule has 0 saturated carbocycles. The predicted octanol–water partition coefficient (Wildman–Crippen LogP) is 3.82. The van der Waals surface area contributed by atoms with Gasteiger partial charge >= 0.3 is 5.97 Å². The molecule has 33 heavy (non-hydrogen) atoms. The lowest BCUT2D eigenvalue weighted by atomic mass is 10.1. The summed E-state index contributed by atoms with van der Waals surface area (Å²) in [7, 11) is 3.07. The Kier molecular flexibility index (Phi) is 6.58. The smallest absolute Gasteiger partial charge is 0.331 e. The van der Waals surface area contributed by atoms with Gasteiger partial charge in [0.15, 0.2) is 18.1 Å². The van der Waals surface area contributed by atoms with Crippen molar-refractivity contribution >= 4 is 23.7 Å². The summed E-state index contributed by atoms with van der Waals surface area (Å²) in [5.74, 6) is 1.11. The Morgan fingerprint density at radius 3 is 2.58 bits per heavy atom. The Hall–Kier alpha value is -4.27. The van der Waals surface area contributed by atoms with Crippen LogP contribution in [0.3, 0.4) is 0 Å². The summed E-state index contributed by atoms with van der Waals surface area (Å²) in [6, 6.07) is 11.8. The van der Waals surface area contributed by atoms with Gasteiger partial charge in [-0.1, -0.05) is 6.07 Å². The summed E-state index contributed by atoms with van der Waals surface area (Å²) in [4.78, 5) is 25.0. The van der Waals surface area contributed by atoms with Crippen LogP contribution in [0.15, 0.2) is 75.0 Å². The van der Waals surface area contributed by atoms with Gasteiger partial charge in [-0.3, -0.25) is 4.79 Å². The van der Waals surface area contributed by atoms with E-state index in [1.54, 1.807) is 55.7 Å². The fourth-order valence-corrected chi connectivity index (χ4v) is 3.40. The SMILES string of the molecule is COc1ccc(/C=C/C(=O)OCC(=O)N2N=C(c3ccco3)CC2c2ccco2)cc1OC. The zero-order valence-corrected chi connectivity index (χ0v) is 18.1. The second-order valence-corrected chi connectivity index (χ2v) is 7.05. The molecule has 1 unspecified atom stereocenters. The fourth-order valence-electron chi connectivity index (χ4n) is 3.40. The van der Waals surface area contributed by atoms with E-state index in [2.05, 4.69) is 5.10 Å². The first-order chi connectivity index (χ1) is 16.1. The van der Waals surface area contributed by atoms with Crippen LogP contribution in [0.25, 0.3) is 6.08 Å². The van der Waals surface area contributed by atoms with E-state index in [-0.39, 0.29) is 0 Å². The Bertz CT molecular complexity index is 1160. The molecule has 3 aromatic rings. The van der Waals surface area contributed by atoms with Crippen molar-refractivity contribution in [2.24, 2.45) is 5.10 Å². The lowest BCUT2D eigenvalue weighted by Gasteiger charge is -2.19. The molecule has 0 spiro atoms. The number of amides is 1. The average molecular weight is 450 g/mol. The van der Waals surface area contributed by atoms with E-state index in [4.69, 9.17) is 23.0 Å². The van der Waals surface area contributed by atoms with E-state index < -0.39 is 24.5 Å². The van der Waals surface area contributed by atoms with Crippen molar-refractivity contribution < 1.29 is 32.6 Å². The maximum Gasteiger partial charge on any atom is 0.331 e. The number of benzene rings is 1. The van der Waals surface area contributed by atoms with Gasteiger partial charge in [-0.05, 0) is 48.0 Å². The molecule has 4 rings (SSSR count). The Morgan fingerprint density at radius 2 is 1.88 bits per heavy atom. The summed E-state index contributed by atoms with van der Waals surface area (Å²) in [5.41, 5.74) is 1.32. The number of carbonyl (C=O) groups excluding carboxylic acids is 2. The largest absolute Gasteiger partial charge is 0.493 e. The third-order valence-electron chi connectivity index (χ3n) is 5.00. The third kappa shape index (κ3) is 4.98. The number of rotatable bonds is 8. The first kappa shape index (κ1) is 21.9. The molecule has 1 atom stereocenters. The van der Waals surface area contributed by atoms with Crippen molar-refractivity contribution in [3.05, 3.63) is 78.2 Å². The van der Waals surface area contributed by atoms with Gasteiger partial charge in [-0.2, -0.15) is 5.10 Å². The third-order valence-corrected chi connectivity index (χ3v) is 5.00. The number of nitrogens with zero attached hydrogens (tertiary/aromatic N) is 2. The average Bonchev–Trinajstić information content (AvgIpc) is 3.61. The summed E-state index contributed by atoms with van der Waals surface area (Å²) in [6.45, 7) is -0.471. The number of furan rings is 2. The van der Waals surface area contributed by atoms with Crippen LogP contribution in [0.1, 0.15) is 29.5 Å². The minimum Gasteiger partial charge on any atom is -0.493 e. The maximum atomic E-state index is 12.8. The zero-order chi connectivity index (χ0) is 23.2. The lowest BCUT2D eigenvalue weighted by molar-refractivity contribution is -0.149. The number of esters is 1. The quantitative estimate of drug-likeness (QED) is 0.380. The van der Waals surface area contributed by atoms with E-state index in [9.17, 15) is 9.59 Å². The molecule has 1 aliphatic rings. The molecule has 0 fully saturated rings. The number of hydrogen-bond donors (Lipinski definition) is 0. The molecule has 1 amide bonds. The van der Waals surface area contributed by atoms with E-state index in [1.807, 2.05) is 0 Å². The molecule has 0 aliphatic carbocycles. The first-order valence-electron chi connectivity index (χ1n) is 10.1. The standard InChI is InChI=1S/C24H22N2O7/c1-29-21-9-7-16(13-22(21)30-2)8-10-24(28)33-15-23(27)26-18(20-6-4-12-32-20)14-17(25-26)19-5-3-11-31-19/h3-13,18H,14-15H2,1-2H3/b10-8+. The van der Waals surface area contributed by atoms with Gasteiger partial charge in [0.2, 0.25) is 0 Å². The van der Waals surface area contributed by atoms with Crippen LogP contribution in [0.4, 0.5) is 0 Å². The molecule has 2 aromatic heterocycles. The first-order valence-corrected chi connectivity index (χ1v) is 10.1. The van der Waals surface area contributed by atoms with E-state index in [0.717, 1.165) is 0 Å². The van der Waals surface area contributed by atoms with Gasteiger partial charge in [-0.15, -0.1) is 0 Å². The van der Waals surface area contributed by atoms with Gasteiger partial charge in [0.05, 0.1) is 26.7 Å². The predicted molar refractivity (Wildman–Crippen MR) is 118 cm³/mol. The highest BCUT2D eigenvalue weighted by molar-refractivity contribution is 6.01. The normalized spacial score (nSPS) is 15.5. The highest BCUT2D eigenvalue weighted by Gasteiger charge is 2.36. The second kappa shape index (κ2) is 9.90. The number of hydrazone groups is 1. The molecule has 1 aliphatic heterocycles. The van der Waals surface area contributed by atoms with Crippen LogP contribution in [0.5, 0.6) is 11.5 Å². The monoisotopic (exact) mass is 450 g/mol. The molecule has 3 heterocycles. The van der Waals surface area contributed by atoms with Gasteiger partial charge in [0.25, 0.3) is 5.91 Å². The van der Waals surface area contributed by atoms with Crippen molar-refractivity contribution in [2.45, 2.75) is 12.5 Å². The van der Waals surface area contributed by atoms with Crippen LogP contribution in [0, 0.1) is 0 Å². The molecule has 9 nitrogen and oxygen atoms in total. The molecule has 1 aromatic carbocycles. The van der Waals surface area contributed by atoms with Crippen LogP contribution < -0.4 is 9.47 Å². The minimum atomic E-state index is -0.665. The van der Waals surface area contributed by atoms with Crippen LogP contribution in [0.2, 0.25) is 0 Å². The van der Waals surface area contributed by atoms with Crippen LogP contribution in [-0.4, -0.2) is 43.4 Å². The van der Waals surface area contributed by atoms with E-state index >= 15 is 0 Å². The van der Waals surface area contributed by atoms with Gasteiger partial charge in [-0.25, -0.2) is 9.80 Å². The summed E-state index contributed by atoms with van der Waals surface area (Å²) >= 11 is 0. The number of carbonyl (C=O) groups is 2. The van der Waals surface area contributed by atoms with E-state index in [1.165, 1.54) is 30.7 Å². The molecular weight excluding hydrogens is 428 g/mol. The highest BCUT2D eigenvalue weighted by Crippen LogP contribution is 2.33. The summed E-state index contributed by atoms with van der Waals surface area (Å²) in [5, 5.41) is 5.65. The number of methoxy groups -OCH3 is 2. The van der Waals surface area contributed by atoms with Crippen molar-refractivity contribution in [1.29, 1.82) is 0 Å². The summed E-state index contributed by atoms with van der Waals surface area (Å²) in [6.07, 6.45) is 6.28. The molecule has 9 heteroatoms. The van der Waals surface area contributed by atoms with Gasteiger partial charge in [0.1, 0.15) is 23.3 Å². The van der Waals surface area contributed by atoms with Crippen LogP contribution >= 0.6 is 0 Å². The maximum absolute atomic E-state index is 12.8. The fraction of sp³-hybridized carbons (Fsp3) is 0.208. The lowest BCUT2D eigenvalue weighted by Crippen LogP contribution is -2.31. The van der Waals surface area contributed by atoms with Crippen molar-refractivity contribution in [2.75, 3.05) is 20.8 Å². The summed E-state index contributed by atoms with van der Waals surface area (Å²) < 4.78 is 26.4. The molecule has 0 radical (unpaired) electrons. The molecule has 0 saturated heterocycles. The topological polar surface area (TPSA) is 104 Å².